The Bertz CT molecular complexity index is 1010. The van der Waals surface area contributed by atoms with Crippen LogP contribution in [0.15, 0.2) is 48.2 Å². The molecule has 4 amide bonds. The Hall–Kier alpha value is -3.81. The summed E-state index contributed by atoms with van der Waals surface area (Å²) < 4.78 is 11.1. The minimum Gasteiger partial charge on any atom is -0.490 e. The third-order valence-corrected chi connectivity index (χ3v) is 4.48. The fourth-order valence-corrected chi connectivity index (χ4v) is 3.02. The van der Waals surface area contributed by atoms with Crippen LogP contribution in [0.1, 0.15) is 25.0 Å². The van der Waals surface area contributed by atoms with Crippen LogP contribution >= 0.6 is 0 Å². The molecule has 162 valence electrons. The summed E-state index contributed by atoms with van der Waals surface area (Å²) in [6, 6.07) is 11.8. The lowest BCUT2D eigenvalue weighted by molar-refractivity contribution is -0.127. The first kappa shape index (κ1) is 21.9. The van der Waals surface area contributed by atoms with E-state index in [4.69, 9.17) is 9.47 Å². The summed E-state index contributed by atoms with van der Waals surface area (Å²) in [6.45, 7) is 6.25. The number of hydrogen-bond donors (Lipinski definition) is 2. The highest BCUT2D eigenvalue weighted by Gasteiger charge is 2.35. The summed E-state index contributed by atoms with van der Waals surface area (Å²) in [5, 5.41) is 5.20. The number of ether oxygens (including phenoxy) is 2. The van der Waals surface area contributed by atoms with Crippen LogP contribution in [0, 0.1) is 6.92 Å². The Morgan fingerprint density at radius 1 is 1.03 bits per heavy atom. The molecule has 2 aromatic carbocycles. The van der Waals surface area contributed by atoms with Crippen LogP contribution in [-0.2, 0) is 9.59 Å². The highest BCUT2D eigenvalue weighted by atomic mass is 16.5. The van der Waals surface area contributed by atoms with E-state index >= 15 is 0 Å². The fraction of sp³-hybridized carbons (Fsp3) is 0.261. The Kier molecular flexibility index (Phi) is 6.92. The molecule has 2 N–H and O–H groups in total. The molecule has 1 fully saturated rings. The van der Waals surface area contributed by atoms with Crippen molar-refractivity contribution >= 4 is 29.6 Å². The van der Waals surface area contributed by atoms with Gasteiger partial charge in [-0.05, 0) is 56.7 Å². The zero-order valence-corrected chi connectivity index (χ0v) is 17.7. The molecule has 2 aromatic rings. The lowest BCUT2D eigenvalue weighted by atomic mass is 10.1. The molecular weight excluding hydrogens is 398 g/mol. The van der Waals surface area contributed by atoms with Gasteiger partial charge in [0.05, 0.1) is 13.2 Å². The smallest absolute Gasteiger partial charge is 0.329 e. The average Bonchev–Trinajstić information content (AvgIpc) is 2.99. The third kappa shape index (κ3) is 5.42. The number of benzene rings is 2. The van der Waals surface area contributed by atoms with Gasteiger partial charge < -0.3 is 20.1 Å². The maximum absolute atomic E-state index is 12.7. The molecule has 0 aliphatic carbocycles. The van der Waals surface area contributed by atoms with Crippen LogP contribution in [0.5, 0.6) is 11.5 Å². The quantitative estimate of drug-likeness (QED) is 0.502. The molecule has 0 spiro atoms. The summed E-state index contributed by atoms with van der Waals surface area (Å²) in [6.07, 6.45) is 1.54. The van der Waals surface area contributed by atoms with Crippen molar-refractivity contribution in [2.24, 2.45) is 0 Å². The second-order valence-electron chi connectivity index (χ2n) is 6.87. The van der Waals surface area contributed by atoms with Gasteiger partial charge in [-0.3, -0.25) is 9.59 Å². The zero-order chi connectivity index (χ0) is 22.4. The number of anilines is 1. The molecule has 0 aromatic heterocycles. The van der Waals surface area contributed by atoms with Gasteiger partial charge in [0.25, 0.3) is 5.91 Å². The molecule has 0 saturated carbocycles. The molecular formula is C23H25N3O5. The molecule has 0 unspecified atom stereocenters. The summed E-state index contributed by atoms with van der Waals surface area (Å²) in [5.74, 6) is 0.108. The van der Waals surface area contributed by atoms with Gasteiger partial charge in [0.1, 0.15) is 12.2 Å². The molecule has 31 heavy (non-hydrogen) atoms. The molecule has 0 radical (unpaired) electrons. The first-order chi connectivity index (χ1) is 14.9. The minimum atomic E-state index is -0.647. The molecule has 1 saturated heterocycles. The molecule has 1 heterocycles. The van der Waals surface area contributed by atoms with Crippen molar-refractivity contribution in [2.45, 2.75) is 20.8 Å². The zero-order valence-electron chi connectivity index (χ0n) is 17.7. The summed E-state index contributed by atoms with van der Waals surface area (Å²) in [7, 11) is 0. The Morgan fingerprint density at radius 2 is 1.71 bits per heavy atom. The number of urea groups is 1. The van der Waals surface area contributed by atoms with Gasteiger partial charge in [0, 0.05) is 5.69 Å². The second-order valence-corrected chi connectivity index (χ2v) is 6.87. The highest BCUT2D eigenvalue weighted by Crippen LogP contribution is 2.29. The predicted molar refractivity (Wildman–Crippen MR) is 117 cm³/mol. The number of carbonyl (C=O) groups excluding carboxylic acids is 3. The molecule has 8 heteroatoms. The van der Waals surface area contributed by atoms with Gasteiger partial charge in [-0.2, -0.15) is 0 Å². The number of imide groups is 1. The molecule has 1 aliphatic heterocycles. The van der Waals surface area contributed by atoms with Crippen molar-refractivity contribution in [3.63, 3.8) is 0 Å². The van der Waals surface area contributed by atoms with E-state index in [2.05, 4.69) is 10.6 Å². The Balaban J connectivity index is 1.71. The van der Waals surface area contributed by atoms with E-state index in [0.717, 1.165) is 10.5 Å². The number of rotatable bonds is 8. The van der Waals surface area contributed by atoms with Crippen LogP contribution in [0.3, 0.4) is 0 Å². The highest BCUT2D eigenvalue weighted by molar-refractivity contribution is 6.15. The van der Waals surface area contributed by atoms with Crippen LogP contribution in [0.4, 0.5) is 10.5 Å². The molecule has 0 bridgehead atoms. The van der Waals surface area contributed by atoms with Crippen molar-refractivity contribution < 1.29 is 23.9 Å². The van der Waals surface area contributed by atoms with Gasteiger partial charge >= 0.3 is 6.03 Å². The molecule has 1 aliphatic rings. The number of nitrogens with one attached hydrogen (secondary N) is 2. The molecule has 3 rings (SSSR count). The van der Waals surface area contributed by atoms with Crippen LogP contribution < -0.4 is 20.1 Å². The SMILES string of the molecule is CCOc1ccc(C=C2NC(=O)N(CC(=O)Nc3ccc(C)cc3)C2=O)cc1OCC. The van der Waals surface area contributed by atoms with Crippen LogP contribution in [-0.4, -0.2) is 42.5 Å². The number of aryl methyl sites for hydroxylation is 1. The summed E-state index contributed by atoms with van der Waals surface area (Å²) >= 11 is 0. The standard InChI is InChI=1S/C23H25N3O5/c1-4-30-19-11-8-16(13-20(19)31-5-2)12-18-22(28)26(23(29)25-18)14-21(27)24-17-9-6-15(3)7-10-17/h6-13H,4-5,14H2,1-3H3,(H,24,27)(H,25,29). The van der Waals surface area contributed by atoms with Gasteiger partial charge in [-0.25, -0.2) is 9.69 Å². The van der Waals surface area contributed by atoms with Crippen LogP contribution in [0.2, 0.25) is 0 Å². The molecule has 0 atom stereocenters. The van der Waals surface area contributed by atoms with E-state index in [1.807, 2.05) is 32.9 Å². The average molecular weight is 423 g/mol. The Labute approximate surface area is 180 Å². The monoisotopic (exact) mass is 423 g/mol. The van der Waals surface area contributed by atoms with E-state index in [0.29, 0.717) is 36.0 Å². The predicted octanol–water partition coefficient (Wildman–Crippen LogP) is 3.32. The number of amides is 4. The van der Waals surface area contributed by atoms with Crippen LogP contribution in [0.25, 0.3) is 6.08 Å². The van der Waals surface area contributed by atoms with E-state index in [1.54, 1.807) is 30.3 Å². The summed E-state index contributed by atoms with van der Waals surface area (Å²) in [5.41, 5.74) is 2.39. The minimum absolute atomic E-state index is 0.0831. The van der Waals surface area contributed by atoms with Gasteiger partial charge in [-0.15, -0.1) is 0 Å². The van der Waals surface area contributed by atoms with E-state index in [9.17, 15) is 14.4 Å². The van der Waals surface area contributed by atoms with E-state index in [1.165, 1.54) is 6.08 Å². The summed E-state index contributed by atoms with van der Waals surface area (Å²) in [4.78, 5) is 38.1. The number of carbonyl (C=O) groups is 3. The lowest BCUT2D eigenvalue weighted by Gasteiger charge is -2.12. The topological polar surface area (TPSA) is 97.0 Å². The molecule has 8 nitrogen and oxygen atoms in total. The van der Waals surface area contributed by atoms with Gasteiger partial charge in [0.2, 0.25) is 5.91 Å². The maximum Gasteiger partial charge on any atom is 0.329 e. The van der Waals surface area contributed by atoms with E-state index < -0.39 is 17.8 Å². The van der Waals surface area contributed by atoms with Gasteiger partial charge in [-0.1, -0.05) is 23.8 Å². The largest absolute Gasteiger partial charge is 0.490 e. The maximum atomic E-state index is 12.7. The van der Waals surface area contributed by atoms with Crippen molar-refractivity contribution in [1.29, 1.82) is 0 Å². The van der Waals surface area contributed by atoms with Crippen molar-refractivity contribution in [1.82, 2.24) is 10.2 Å². The normalized spacial score (nSPS) is 14.5. The lowest BCUT2D eigenvalue weighted by Crippen LogP contribution is -2.38. The Morgan fingerprint density at radius 3 is 2.39 bits per heavy atom. The van der Waals surface area contributed by atoms with Crippen molar-refractivity contribution in [2.75, 3.05) is 25.1 Å². The van der Waals surface area contributed by atoms with E-state index in [-0.39, 0.29) is 12.2 Å². The van der Waals surface area contributed by atoms with Gasteiger partial charge in [0.15, 0.2) is 11.5 Å². The fourth-order valence-electron chi connectivity index (χ4n) is 3.02. The van der Waals surface area contributed by atoms with Crippen molar-refractivity contribution in [3.05, 3.63) is 59.3 Å². The first-order valence-corrected chi connectivity index (χ1v) is 10.0. The number of nitrogens with zero attached hydrogens (tertiary/aromatic N) is 1. The number of hydrogen-bond acceptors (Lipinski definition) is 5. The van der Waals surface area contributed by atoms with Crippen molar-refractivity contribution in [3.8, 4) is 11.5 Å². The second kappa shape index (κ2) is 9.80. The first-order valence-electron chi connectivity index (χ1n) is 10.0. The third-order valence-electron chi connectivity index (χ3n) is 4.48.